The first kappa shape index (κ1) is 18.9. The van der Waals surface area contributed by atoms with Crippen molar-refractivity contribution in [2.45, 2.75) is 17.5 Å². The molecular formula is C19H20BrN3O2S. The molecule has 5 nitrogen and oxygen atoms in total. The molecule has 26 heavy (non-hydrogen) atoms. The largest absolute Gasteiger partial charge is 0.496 e. The number of rotatable bonds is 8. The van der Waals surface area contributed by atoms with Gasteiger partial charge in [0.05, 0.1) is 20.3 Å². The van der Waals surface area contributed by atoms with E-state index in [0.29, 0.717) is 13.2 Å². The van der Waals surface area contributed by atoms with Crippen molar-refractivity contribution in [1.82, 2.24) is 14.8 Å². The molecule has 0 aliphatic rings. The SMILES string of the molecule is COCCn1c(SCc2cc(Br)ccc2OC)nnc1-c1ccccc1. The van der Waals surface area contributed by atoms with Crippen LogP contribution in [0.15, 0.2) is 58.2 Å². The number of thioether (sulfide) groups is 1. The van der Waals surface area contributed by atoms with Crippen LogP contribution in [0.25, 0.3) is 11.4 Å². The third-order valence-corrected chi connectivity index (χ3v) is 5.38. The molecule has 3 aromatic rings. The zero-order valence-electron chi connectivity index (χ0n) is 14.7. The Hall–Kier alpha value is -1.83. The highest BCUT2D eigenvalue weighted by Gasteiger charge is 2.15. The lowest BCUT2D eigenvalue weighted by atomic mass is 10.2. The van der Waals surface area contributed by atoms with Crippen molar-refractivity contribution in [3.8, 4) is 17.1 Å². The van der Waals surface area contributed by atoms with Crippen molar-refractivity contribution in [2.24, 2.45) is 0 Å². The summed E-state index contributed by atoms with van der Waals surface area (Å²) < 4.78 is 13.9. The fraction of sp³-hybridized carbons (Fsp3) is 0.263. The van der Waals surface area contributed by atoms with Crippen LogP contribution in [0, 0.1) is 0 Å². The first-order valence-electron chi connectivity index (χ1n) is 8.15. The van der Waals surface area contributed by atoms with Gasteiger partial charge in [0, 0.05) is 28.5 Å². The summed E-state index contributed by atoms with van der Waals surface area (Å²) in [7, 11) is 3.39. The summed E-state index contributed by atoms with van der Waals surface area (Å²) in [6, 6.07) is 16.1. The van der Waals surface area contributed by atoms with Crippen LogP contribution in [0.2, 0.25) is 0 Å². The number of hydrogen-bond acceptors (Lipinski definition) is 5. The monoisotopic (exact) mass is 433 g/mol. The summed E-state index contributed by atoms with van der Waals surface area (Å²) >= 11 is 5.16. The standard InChI is InChI=1S/C19H20BrN3O2S/c1-24-11-10-23-18(14-6-4-3-5-7-14)21-22-19(23)26-13-15-12-16(20)8-9-17(15)25-2/h3-9,12H,10-11,13H2,1-2H3. The number of nitrogens with zero attached hydrogens (tertiary/aromatic N) is 3. The fourth-order valence-corrected chi connectivity index (χ4v) is 3.93. The van der Waals surface area contributed by atoms with Crippen LogP contribution < -0.4 is 4.74 Å². The number of halogens is 1. The van der Waals surface area contributed by atoms with Crippen LogP contribution in [-0.4, -0.2) is 35.6 Å². The molecule has 0 atom stereocenters. The highest BCUT2D eigenvalue weighted by Crippen LogP contribution is 2.31. The first-order valence-corrected chi connectivity index (χ1v) is 9.93. The van der Waals surface area contributed by atoms with Gasteiger partial charge in [0.25, 0.3) is 0 Å². The first-order chi connectivity index (χ1) is 12.7. The van der Waals surface area contributed by atoms with Crippen LogP contribution in [0.5, 0.6) is 5.75 Å². The molecule has 0 saturated heterocycles. The van der Waals surface area contributed by atoms with Crippen molar-refractivity contribution in [1.29, 1.82) is 0 Å². The summed E-state index contributed by atoms with van der Waals surface area (Å²) in [5.74, 6) is 2.46. The van der Waals surface area contributed by atoms with E-state index in [1.54, 1.807) is 26.0 Å². The Labute approximate surface area is 165 Å². The van der Waals surface area contributed by atoms with Crippen LogP contribution in [0.1, 0.15) is 5.56 Å². The molecule has 0 radical (unpaired) electrons. The molecule has 0 aliphatic heterocycles. The van der Waals surface area contributed by atoms with Gasteiger partial charge in [0.15, 0.2) is 11.0 Å². The maximum atomic E-state index is 5.46. The van der Waals surface area contributed by atoms with Gasteiger partial charge in [-0.05, 0) is 18.2 Å². The van der Waals surface area contributed by atoms with E-state index >= 15 is 0 Å². The van der Waals surface area contributed by atoms with Crippen LogP contribution in [0.3, 0.4) is 0 Å². The Morgan fingerprint density at radius 1 is 1.08 bits per heavy atom. The predicted octanol–water partition coefficient (Wildman–Crippen LogP) is 4.65. The molecule has 0 aliphatic carbocycles. The number of benzene rings is 2. The quantitative estimate of drug-likeness (QED) is 0.483. The zero-order valence-corrected chi connectivity index (χ0v) is 17.1. The molecule has 0 spiro atoms. The Morgan fingerprint density at radius 2 is 1.88 bits per heavy atom. The molecule has 0 amide bonds. The Balaban J connectivity index is 1.86. The lowest BCUT2D eigenvalue weighted by Crippen LogP contribution is -2.07. The zero-order chi connectivity index (χ0) is 18.4. The van der Waals surface area contributed by atoms with Crippen molar-refractivity contribution >= 4 is 27.7 Å². The third-order valence-electron chi connectivity index (χ3n) is 3.87. The summed E-state index contributed by atoms with van der Waals surface area (Å²) in [4.78, 5) is 0. The van der Waals surface area contributed by atoms with E-state index in [0.717, 1.165) is 38.1 Å². The summed E-state index contributed by atoms with van der Waals surface area (Å²) in [5, 5.41) is 9.68. The van der Waals surface area contributed by atoms with E-state index < -0.39 is 0 Å². The molecule has 0 unspecified atom stereocenters. The van der Waals surface area contributed by atoms with Crippen molar-refractivity contribution in [2.75, 3.05) is 20.8 Å². The topological polar surface area (TPSA) is 49.2 Å². The Bertz CT molecular complexity index is 855. The van der Waals surface area contributed by atoms with Crippen molar-refractivity contribution in [3.63, 3.8) is 0 Å². The molecule has 0 bridgehead atoms. The van der Waals surface area contributed by atoms with Gasteiger partial charge in [-0.15, -0.1) is 10.2 Å². The molecular weight excluding hydrogens is 414 g/mol. The minimum atomic E-state index is 0.603. The van der Waals surface area contributed by atoms with Gasteiger partial charge in [-0.2, -0.15) is 0 Å². The second-order valence-electron chi connectivity index (χ2n) is 5.56. The Kier molecular flexibility index (Phi) is 6.71. The lowest BCUT2D eigenvalue weighted by molar-refractivity contribution is 0.185. The summed E-state index contributed by atoms with van der Waals surface area (Å²) in [6.07, 6.45) is 0. The maximum absolute atomic E-state index is 5.46. The number of aromatic nitrogens is 3. The normalized spacial score (nSPS) is 10.9. The molecule has 1 heterocycles. The average molecular weight is 434 g/mol. The van der Waals surface area contributed by atoms with E-state index in [4.69, 9.17) is 9.47 Å². The highest BCUT2D eigenvalue weighted by atomic mass is 79.9. The minimum absolute atomic E-state index is 0.603. The minimum Gasteiger partial charge on any atom is -0.496 e. The number of hydrogen-bond donors (Lipinski definition) is 0. The fourth-order valence-electron chi connectivity index (χ4n) is 2.58. The molecule has 2 aromatic carbocycles. The smallest absolute Gasteiger partial charge is 0.191 e. The van der Waals surface area contributed by atoms with Gasteiger partial charge in [-0.25, -0.2) is 0 Å². The molecule has 0 N–H and O–H groups in total. The highest BCUT2D eigenvalue weighted by molar-refractivity contribution is 9.10. The van der Waals surface area contributed by atoms with Crippen molar-refractivity contribution in [3.05, 3.63) is 58.6 Å². The predicted molar refractivity (Wildman–Crippen MR) is 108 cm³/mol. The molecule has 7 heteroatoms. The second kappa shape index (κ2) is 9.21. The lowest BCUT2D eigenvalue weighted by Gasteiger charge is -2.11. The van der Waals surface area contributed by atoms with Crippen LogP contribution >= 0.6 is 27.7 Å². The summed E-state index contributed by atoms with van der Waals surface area (Å²) in [5.41, 5.74) is 2.15. The van der Waals surface area contributed by atoms with Gasteiger partial charge in [-0.3, -0.25) is 4.57 Å². The van der Waals surface area contributed by atoms with E-state index in [2.05, 4.69) is 36.8 Å². The van der Waals surface area contributed by atoms with Crippen LogP contribution in [0.4, 0.5) is 0 Å². The third kappa shape index (κ3) is 4.47. The van der Waals surface area contributed by atoms with Gasteiger partial charge in [0.2, 0.25) is 0 Å². The average Bonchev–Trinajstić information content (AvgIpc) is 3.08. The number of ether oxygens (including phenoxy) is 2. The van der Waals surface area contributed by atoms with E-state index in [-0.39, 0.29) is 0 Å². The van der Waals surface area contributed by atoms with E-state index in [1.165, 1.54) is 0 Å². The Morgan fingerprint density at radius 3 is 2.62 bits per heavy atom. The molecule has 0 fully saturated rings. The van der Waals surface area contributed by atoms with Gasteiger partial charge < -0.3 is 9.47 Å². The molecule has 3 rings (SSSR count). The van der Waals surface area contributed by atoms with Crippen LogP contribution in [-0.2, 0) is 17.0 Å². The molecule has 136 valence electrons. The second-order valence-corrected chi connectivity index (χ2v) is 7.42. The molecule has 1 aromatic heterocycles. The maximum Gasteiger partial charge on any atom is 0.191 e. The van der Waals surface area contributed by atoms with Gasteiger partial charge in [-0.1, -0.05) is 58.0 Å². The van der Waals surface area contributed by atoms with Gasteiger partial charge >= 0.3 is 0 Å². The van der Waals surface area contributed by atoms with Gasteiger partial charge in [0.1, 0.15) is 5.75 Å². The van der Waals surface area contributed by atoms with Crippen molar-refractivity contribution < 1.29 is 9.47 Å². The van der Waals surface area contributed by atoms with E-state index in [9.17, 15) is 0 Å². The number of methoxy groups -OCH3 is 2. The summed E-state index contributed by atoms with van der Waals surface area (Å²) in [6.45, 7) is 1.30. The van der Waals surface area contributed by atoms with E-state index in [1.807, 2.05) is 42.5 Å². The molecule has 0 saturated carbocycles.